The van der Waals surface area contributed by atoms with Gasteiger partial charge in [0.15, 0.2) is 0 Å². The van der Waals surface area contributed by atoms with Crippen LogP contribution in [0.3, 0.4) is 0 Å². The van der Waals surface area contributed by atoms with Gasteiger partial charge in [-0.1, -0.05) is 0 Å². The standard InChI is InChI=1S/C21H16F4N4O3S/c1-20(2)18(31)28(12-5-4-11(10-26)15(8-12)21(23,24)25)19(33-32)29(20)13-6-7-14(16(22)9-13)17(30)27-3/h4-9,19H,1-3H3/p+1. The van der Waals surface area contributed by atoms with Gasteiger partial charge in [0.05, 0.1) is 28.4 Å². The van der Waals surface area contributed by atoms with Crippen LogP contribution in [-0.2, 0) is 26.8 Å². The number of amides is 2. The lowest BCUT2D eigenvalue weighted by Crippen LogP contribution is -2.46. The first kappa shape index (κ1) is 24.1. The third-order valence-electron chi connectivity index (χ3n) is 5.28. The summed E-state index contributed by atoms with van der Waals surface area (Å²) in [5.41, 5.74) is -5.11. The number of rotatable bonds is 4. The largest absolute Gasteiger partial charge is 0.511 e. The molecule has 0 saturated carbocycles. The van der Waals surface area contributed by atoms with Crippen LogP contribution in [-0.4, -0.2) is 29.9 Å². The topological polar surface area (TPSA) is 93.5 Å². The lowest BCUT2D eigenvalue weighted by atomic mass is 10.0. The molecule has 1 unspecified atom stereocenters. The summed E-state index contributed by atoms with van der Waals surface area (Å²) in [6, 6.07) is 7.66. The van der Waals surface area contributed by atoms with Crippen LogP contribution in [0.2, 0.25) is 0 Å². The molecular formula is C21H17F4N4O3S+. The number of nitrogens with one attached hydrogen (secondary N) is 1. The molecule has 12 heteroatoms. The molecule has 1 saturated heterocycles. The second-order valence-electron chi connectivity index (χ2n) is 7.61. The third kappa shape index (κ3) is 4.00. The van der Waals surface area contributed by atoms with Crippen molar-refractivity contribution in [2.75, 3.05) is 16.8 Å². The van der Waals surface area contributed by atoms with Crippen LogP contribution >= 0.6 is 0 Å². The van der Waals surface area contributed by atoms with Gasteiger partial charge in [-0.25, -0.2) is 9.29 Å². The lowest BCUT2D eigenvalue weighted by molar-refractivity contribution is -0.137. The predicted octanol–water partition coefficient (Wildman–Crippen LogP) is 3.42. The Morgan fingerprint density at radius 2 is 1.82 bits per heavy atom. The Morgan fingerprint density at radius 1 is 1.18 bits per heavy atom. The van der Waals surface area contributed by atoms with Gasteiger partial charge in [0.2, 0.25) is 0 Å². The van der Waals surface area contributed by atoms with Gasteiger partial charge >= 0.3 is 23.3 Å². The van der Waals surface area contributed by atoms with Crippen LogP contribution in [0.15, 0.2) is 36.4 Å². The third-order valence-corrected chi connectivity index (χ3v) is 5.88. The predicted molar refractivity (Wildman–Crippen MR) is 112 cm³/mol. The van der Waals surface area contributed by atoms with E-state index in [1.165, 1.54) is 44.0 Å². The van der Waals surface area contributed by atoms with E-state index < -0.39 is 46.0 Å². The molecule has 2 aromatic rings. The maximum absolute atomic E-state index is 14.6. The number of hydrogen-bond acceptors (Lipinski definition) is 5. The van der Waals surface area contributed by atoms with Crippen LogP contribution in [0.1, 0.15) is 35.3 Å². The molecule has 2 aromatic carbocycles. The van der Waals surface area contributed by atoms with Gasteiger partial charge < -0.3 is 5.32 Å². The van der Waals surface area contributed by atoms with Crippen LogP contribution in [0.4, 0.5) is 28.9 Å². The minimum Gasteiger partial charge on any atom is -0.355 e. The van der Waals surface area contributed by atoms with Gasteiger partial charge in [-0.2, -0.15) is 18.4 Å². The molecule has 2 amide bonds. The highest BCUT2D eigenvalue weighted by Crippen LogP contribution is 2.41. The fourth-order valence-corrected chi connectivity index (χ4v) is 4.43. The van der Waals surface area contributed by atoms with Crippen molar-refractivity contribution in [1.29, 1.82) is 5.26 Å². The molecule has 1 atom stereocenters. The maximum atomic E-state index is 14.6. The molecule has 3 rings (SSSR count). The van der Waals surface area contributed by atoms with Crippen molar-refractivity contribution in [2.45, 2.75) is 31.1 Å². The molecule has 0 radical (unpaired) electrons. The SMILES string of the molecule is CNC(=O)c1ccc(N2C([S+]=O)N(c3ccc(C#N)c(C(F)(F)F)c3)C(=O)C2(C)C)cc1F. The molecule has 0 aromatic heterocycles. The maximum Gasteiger partial charge on any atom is 0.511 e. The van der Waals surface area contributed by atoms with E-state index in [9.17, 15) is 31.4 Å². The summed E-state index contributed by atoms with van der Waals surface area (Å²) in [5.74, 6) is -2.28. The quantitative estimate of drug-likeness (QED) is 0.534. The number of benzene rings is 2. The normalized spacial score (nSPS) is 17.6. The van der Waals surface area contributed by atoms with Crippen molar-refractivity contribution in [3.8, 4) is 6.07 Å². The van der Waals surface area contributed by atoms with Crippen LogP contribution < -0.4 is 15.1 Å². The van der Waals surface area contributed by atoms with Gasteiger partial charge in [-0.05, 0) is 50.2 Å². The number of nitrogens with zero attached hydrogens (tertiary/aromatic N) is 3. The molecule has 172 valence electrons. The van der Waals surface area contributed by atoms with E-state index in [-0.39, 0.29) is 28.6 Å². The first-order chi connectivity index (χ1) is 15.4. The van der Waals surface area contributed by atoms with E-state index in [1.54, 1.807) is 0 Å². The first-order valence-electron chi connectivity index (χ1n) is 9.43. The van der Waals surface area contributed by atoms with E-state index in [0.29, 0.717) is 6.07 Å². The molecule has 33 heavy (non-hydrogen) atoms. The first-order valence-corrected chi connectivity index (χ1v) is 10.2. The minimum atomic E-state index is -4.86. The average molecular weight is 481 g/mol. The molecule has 1 fully saturated rings. The monoisotopic (exact) mass is 481 g/mol. The number of nitriles is 1. The molecule has 0 bridgehead atoms. The Labute approximate surface area is 190 Å². The number of anilines is 2. The van der Waals surface area contributed by atoms with E-state index >= 15 is 0 Å². The molecule has 1 N–H and O–H groups in total. The van der Waals surface area contributed by atoms with Gasteiger partial charge in [0.25, 0.3) is 11.8 Å². The summed E-state index contributed by atoms with van der Waals surface area (Å²) in [7, 11) is 1.33. The van der Waals surface area contributed by atoms with Gasteiger partial charge in [0.1, 0.15) is 11.4 Å². The Balaban J connectivity index is 2.14. The molecule has 1 aliphatic heterocycles. The minimum absolute atomic E-state index is 0.0785. The summed E-state index contributed by atoms with van der Waals surface area (Å²) in [5, 5.41) is 11.3. The zero-order valence-electron chi connectivity index (χ0n) is 17.5. The van der Waals surface area contributed by atoms with Gasteiger partial charge in [0, 0.05) is 16.9 Å². The number of hydrogen-bond donors (Lipinski definition) is 1. The fourth-order valence-electron chi connectivity index (χ4n) is 3.66. The molecular weight excluding hydrogens is 464 g/mol. The summed E-state index contributed by atoms with van der Waals surface area (Å²) in [4.78, 5) is 27.2. The smallest absolute Gasteiger partial charge is 0.355 e. The Morgan fingerprint density at radius 3 is 2.33 bits per heavy atom. The average Bonchev–Trinajstić information content (AvgIpc) is 2.97. The van der Waals surface area contributed by atoms with Crippen LogP contribution in [0, 0.1) is 17.1 Å². The van der Waals surface area contributed by atoms with E-state index in [1.807, 2.05) is 0 Å². The van der Waals surface area contributed by atoms with Crippen LogP contribution in [0.25, 0.3) is 0 Å². The summed E-state index contributed by atoms with van der Waals surface area (Å²) >= 11 is -0.0785. The second kappa shape index (κ2) is 8.40. The highest BCUT2D eigenvalue weighted by molar-refractivity contribution is 7.66. The molecule has 1 aliphatic rings. The van der Waals surface area contributed by atoms with Crippen molar-refractivity contribution in [3.05, 3.63) is 58.9 Å². The van der Waals surface area contributed by atoms with Gasteiger partial charge in [-0.15, -0.1) is 0 Å². The summed E-state index contributed by atoms with van der Waals surface area (Å²) < 4.78 is 67.0. The summed E-state index contributed by atoms with van der Waals surface area (Å²) in [6.07, 6.45) is -4.86. The number of halogens is 4. The number of carbonyl (C=O) groups is 2. The Bertz CT molecular complexity index is 1190. The zero-order chi connectivity index (χ0) is 24.7. The van der Waals surface area contributed by atoms with Gasteiger partial charge in [-0.3, -0.25) is 14.5 Å². The highest BCUT2D eigenvalue weighted by Gasteiger charge is 2.59. The number of alkyl halides is 3. The second-order valence-corrected chi connectivity index (χ2v) is 8.22. The van der Waals surface area contributed by atoms with E-state index in [2.05, 4.69) is 5.32 Å². The highest BCUT2D eigenvalue weighted by atomic mass is 32.1. The molecule has 0 spiro atoms. The fraction of sp³-hybridized carbons (Fsp3) is 0.286. The van der Waals surface area contributed by atoms with E-state index in [0.717, 1.165) is 23.1 Å². The van der Waals surface area contributed by atoms with Crippen molar-refractivity contribution in [2.24, 2.45) is 0 Å². The van der Waals surface area contributed by atoms with Crippen molar-refractivity contribution in [1.82, 2.24) is 5.32 Å². The Hall–Kier alpha value is -3.59. The van der Waals surface area contributed by atoms with Crippen LogP contribution in [0.5, 0.6) is 0 Å². The summed E-state index contributed by atoms with van der Waals surface area (Å²) in [6.45, 7) is 2.88. The van der Waals surface area contributed by atoms with Crippen molar-refractivity contribution in [3.63, 3.8) is 0 Å². The van der Waals surface area contributed by atoms with Crippen molar-refractivity contribution >= 4 is 34.9 Å². The van der Waals surface area contributed by atoms with Crippen molar-refractivity contribution < 1.29 is 31.4 Å². The molecule has 7 nitrogen and oxygen atoms in total. The van der Waals surface area contributed by atoms with E-state index in [4.69, 9.17) is 5.26 Å². The number of carbonyl (C=O) groups excluding carboxylic acids is 2. The Kier molecular flexibility index (Phi) is 6.12. The molecule has 1 heterocycles. The molecule has 0 aliphatic carbocycles. The zero-order valence-corrected chi connectivity index (χ0v) is 18.3. The lowest BCUT2D eigenvalue weighted by Gasteiger charge is -2.28.